The first-order valence-electron chi connectivity index (χ1n) is 4.32. The Morgan fingerprint density at radius 2 is 2.36 bits per heavy atom. The number of amides is 1. The number of aromatic nitrogens is 1. The number of hydrogen-bond acceptors (Lipinski definition) is 3. The van der Waals surface area contributed by atoms with E-state index in [0.29, 0.717) is 18.5 Å². The molecule has 0 aliphatic rings. The summed E-state index contributed by atoms with van der Waals surface area (Å²) in [4.78, 5) is 11.0. The van der Waals surface area contributed by atoms with Gasteiger partial charge in [0.15, 0.2) is 18.9 Å². The van der Waals surface area contributed by atoms with Gasteiger partial charge in [-0.1, -0.05) is 0 Å². The Morgan fingerprint density at radius 1 is 1.57 bits per heavy atom. The fourth-order valence-electron chi connectivity index (χ4n) is 1.11. The number of aryl methyl sites for hydroxylation is 1. The molecule has 1 aromatic rings. The van der Waals surface area contributed by atoms with Gasteiger partial charge in [-0.15, -0.1) is 0 Å². The Kier molecular flexibility index (Phi) is 4.03. The summed E-state index contributed by atoms with van der Waals surface area (Å²) in [5.41, 5.74) is 1.95. The molecule has 0 fully saturated rings. The van der Waals surface area contributed by atoms with Crippen LogP contribution >= 0.6 is 0 Å². The largest absolute Gasteiger partial charge is 0.396 e. The third kappa shape index (κ3) is 2.79. The molecule has 5 nitrogen and oxygen atoms in total. The number of pyridine rings is 1. The van der Waals surface area contributed by atoms with Crippen molar-refractivity contribution >= 4 is 5.91 Å². The van der Waals surface area contributed by atoms with Crippen molar-refractivity contribution in [2.75, 3.05) is 6.61 Å². The molecule has 0 aliphatic heterocycles. The van der Waals surface area contributed by atoms with Crippen molar-refractivity contribution < 1.29 is 19.7 Å². The standard InChI is InChI=1S/C9H12N2O3/c12-6-2-5-11-4-1-3-8(7-11)9(13)10-14/h1,3-4,7,12H,2,5-6H2,(H-,10,13,14)/p+1. The quantitative estimate of drug-likeness (QED) is 0.345. The van der Waals surface area contributed by atoms with Crippen molar-refractivity contribution in [1.29, 1.82) is 0 Å². The van der Waals surface area contributed by atoms with Gasteiger partial charge in [0.05, 0.1) is 0 Å². The maximum atomic E-state index is 11.0. The maximum absolute atomic E-state index is 11.0. The highest BCUT2D eigenvalue weighted by atomic mass is 16.5. The van der Waals surface area contributed by atoms with E-state index >= 15 is 0 Å². The molecule has 14 heavy (non-hydrogen) atoms. The summed E-state index contributed by atoms with van der Waals surface area (Å²) < 4.78 is 1.78. The summed E-state index contributed by atoms with van der Waals surface area (Å²) in [5.74, 6) is -0.539. The SMILES string of the molecule is O=C(NO)c1ccc[n+](CCCO)c1. The number of carbonyl (C=O) groups is 1. The zero-order valence-electron chi connectivity index (χ0n) is 7.68. The lowest BCUT2D eigenvalue weighted by Crippen LogP contribution is -2.35. The van der Waals surface area contributed by atoms with E-state index in [2.05, 4.69) is 0 Å². The lowest BCUT2D eigenvalue weighted by Gasteiger charge is -1.98. The van der Waals surface area contributed by atoms with Crippen LogP contribution in [0.25, 0.3) is 0 Å². The second-order valence-electron chi connectivity index (χ2n) is 2.85. The Bertz CT molecular complexity index is 315. The van der Waals surface area contributed by atoms with Crippen LogP contribution in [-0.2, 0) is 6.54 Å². The van der Waals surface area contributed by atoms with Crippen molar-refractivity contribution in [1.82, 2.24) is 5.48 Å². The molecule has 0 saturated carbocycles. The van der Waals surface area contributed by atoms with Gasteiger partial charge in [-0.05, 0) is 6.07 Å². The average molecular weight is 197 g/mol. The first-order valence-corrected chi connectivity index (χ1v) is 4.32. The molecule has 1 rings (SSSR count). The predicted molar refractivity (Wildman–Crippen MR) is 47.6 cm³/mol. The minimum atomic E-state index is -0.539. The molecule has 0 spiro atoms. The smallest absolute Gasteiger partial charge is 0.280 e. The molecule has 76 valence electrons. The van der Waals surface area contributed by atoms with Crippen LogP contribution in [-0.4, -0.2) is 22.8 Å². The zero-order valence-corrected chi connectivity index (χ0v) is 7.68. The molecule has 1 aromatic heterocycles. The fraction of sp³-hybridized carbons (Fsp3) is 0.333. The van der Waals surface area contributed by atoms with Crippen LogP contribution in [0.2, 0.25) is 0 Å². The summed E-state index contributed by atoms with van der Waals surface area (Å²) in [5, 5.41) is 17.0. The van der Waals surface area contributed by atoms with Crippen molar-refractivity contribution in [2.45, 2.75) is 13.0 Å². The van der Waals surface area contributed by atoms with Gasteiger partial charge >= 0.3 is 0 Å². The monoisotopic (exact) mass is 197 g/mol. The van der Waals surface area contributed by atoms with Crippen molar-refractivity contribution in [2.24, 2.45) is 0 Å². The van der Waals surface area contributed by atoms with Gasteiger partial charge in [0.25, 0.3) is 5.91 Å². The third-order valence-electron chi connectivity index (χ3n) is 1.80. The second kappa shape index (κ2) is 5.31. The molecule has 1 heterocycles. The van der Waals surface area contributed by atoms with Crippen LogP contribution in [0, 0.1) is 0 Å². The number of carbonyl (C=O) groups excluding carboxylic acids is 1. The zero-order chi connectivity index (χ0) is 10.4. The molecular formula is C9H13N2O3+. The highest BCUT2D eigenvalue weighted by Gasteiger charge is 2.08. The highest BCUT2D eigenvalue weighted by molar-refractivity contribution is 5.92. The Hall–Kier alpha value is -1.46. The predicted octanol–water partition coefficient (Wildman–Crippen LogP) is -0.524. The van der Waals surface area contributed by atoms with Crippen LogP contribution < -0.4 is 10.0 Å². The fourth-order valence-corrected chi connectivity index (χ4v) is 1.11. The summed E-state index contributed by atoms with van der Waals surface area (Å²) in [7, 11) is 0. The van der Waals surface area contributed by atoms with Gasteiger partial charge in [-0.25, -0.2) is 10.0 Å². The Labute approximate surface area is 81.6 Å². The number of aliphatic hydroxyl groups is 1. The summed E-state index contributed by atoms with van der Waals surface area (Å²) in [6.45, 7) is 0.756. The van der Waals surface area contributed by atoms with E-state index in [9.17, 15) is 4.79 Å². The van der Waals surface area contributed by atoms with Gasteiger partial charge < -0.3 is 5.11 Å². The topological polar surface area (TPSA) is 73.4 Å². The minimum Gasteiger partial charge on any atom is -0.396 e. The molecule has 0 saturated heterocycles. The Morgan fingerprint density at radius 3 is 3.00 bits per heavy atom. The number of hydrogen-bond donors (Lipinski definition) is 3. The molecule has 0 unspecified atom stereocenters. The number of rotatable bonds is 4. The van der Waals surface area contributed by atoms with E-state index in [4.69, 9.17) is 10.3 Å². The number of hydroxylamine groups is 1. The van der Waals surface area contributed by atoms with Crippen LogP contribution in [0.5, 0.6) is 0 Å². The first-order chi connectivity index (χ1) is 6.77. The lowest BCUT2D eigenvalue weighted by molar-refractivity contribution is -0.697. The van der Waals surface area contributed by atoms with Gasteiger partial charge in [0, 0.05) is 19.1 Å². The third-order valence-corrected chi connectivity index (χ3v) is 1.80. The summed E-state index contributed by atoms with van der Waals surface area (Å²) in [6, 6.07) is 3.31. The van der Waals surface area contributed by atoms with E-state index in [-0.39, 0.29) is 6.61 Å². The van der Waals surface area contributed by atoms with Gasteiger partial charge in [-0.2, -0.15) is 0 Å². The molecule has 1 amide bonds. The lowest BCUT2D eigenvalue weighted by atomic mass is 10.2. The van der Waals surface area contributed by atoms with Crippen molar-refractivity contribution in [3.63, 3.8) is 0 Å². The van der Waals surface area contributed by atoms with Crippen LogP contribution in [0.4, 0.5) is 0 Å². The van der Waals surface area contributed by atoms with Gasteiger partial charge in [0.1, 0.15) is 5.56 Å². The van der Waals surface area contributed by atoms with E-state index in [1.807, 2.05) is 0 Å². The van der Waals surface area contributed by atoms with Crippen LogP contribution in [0.3, 0.4) is 0 Å². The molecular weight excluding hydrogens is 184 g/mol. The number of aliphatic hydroxyl groups excluding tert-OH is 1. The van der Waals surface area contributed by atoms with E-state index in [0.717, 1.165) is 0 Å². The number of nitrogens with zero attached hydrogens (tertiary/aromatic N) is 1. The van der Waals surface area contributed by atoms with Crippen LogP contribution in [0.15, 0.2) is 24.5 Å². The molecule has 0 atom stereocenters. The molecule has 0 aliphatic carbocycles. The van der Waals surface area contributed by atoms with Crippen molar-refractivity contribution in [3.05, 3.63) is 30.1 Å². The maximum Gasteiger partial charge on any atom is 0.280 e. The molecule has 0 aromatic carbocycles. The van der Waals surface area contributed by atoms with Crippen molar-refractivity contribution in [3.8, 4) is 0 Å². The van der Waals surface area contributed by atoms with Gasteiger partial charge in [-0.3, -0.25) is 10.0 Å². The Balaban J connectivity index is 2.73. The van der Waals surface area contributed by atoms with E-state index in [1.54, 1.807) is 34.6 Å². The molecule has 5 heteroatoms. The normalized spacial score (nSPS) is 9.86. The average Bonchev–Trinajstić information content (AvgIpc) is 2.25. The highest BCUT2D eigenvalue weighted by Crippen LogP contribution is 1.93. The summed E-state index contributed by atoms with van der Waals surface area (Å²) in [6.07, 6.45) is 4.04. The second-order valence-corrected chi connectivity index (χ2v) is 2.85. The summed E-state index contributed by atoms with van der Waals surface area (Å²) >= 11 is 0. The van der Waals surface area contributed by atoms with Crippen LogP contribution in [0.1, 0.15) is 16.8 Å². The minimum absolute atomic E-state index is 0.115. The molecule has 0 radical (unpaired) electrons. The molecule has 0 bridgehead atoms. The van der Waals surface area contributed by atoms with E-state index < -0.39 is 5.91 Å². The molecule has 3 N–H and O–H groups in total. The van der Waals surface area contributed by atoms with Gasteiger partial charge in [0.2, 0.25) is 0 Å². The van der Waals surface area contributed by atoms with E-state index in [1.165, 1.54) is 0 Å². The number of nitrogens with one attached hydrogen (secondary N) is 1. The first kappa shape index (κ1) is 10.6.